The normalized spacial score (nSPS) is 18.7. The highest BCUT2D eigenvalue weighted by molar-refractivity contribution is 5.94. The van der Waals surface area contributed by atoms with E-state index in [9.17, 15) is 9.90 Å². The van der Waals surface area contributed by atoms with E-state index in [1.54, 1.807) is 12.4 Å². The number of nitrogens with zero attached hydrogens (tertiary/aromatic N) is 4. The van der Waals surface area contributed by atoms with Gasteiger partial charge in [-0.3, -0.25) is 9.36 Å². The smallest absolute Gasteiger partial charge is 0.255 e. The predicted molar refractivity (Wildman–Crippen MR) is 86.5 cm³/mol. The maximum Gasteiger partial charge on any atom is 0.255 e. The molecule has 3 rings (SSSR count). The Labute approximate surface area is 135 Å². The Morgan fingerprint density at radius 2 is 2.17 bits per heavy atom. The molecule has 1 aliphatic heterocycles. The van der Waals surface area contributed by atoms with Crippen LogP contribution in [0.3, 0.4) is 0 Å². The molecule has 1 aliphatic rings. The molecular weight excluding hydrogens is 292 g/mol. The lowest BCUT2D eigenvalue weighted by atomic mass is 10.2. The summed E-state index contributed by atoms with van der Waals surface area (Å²) in [6.45, 7) is 3.34. The van der Waals surface area contributed by atoms with E-state index in [4.69, 9.17) is 0 Å². The highest BCUT2D eigenvalue weighted by Gasteiger charge is 2.20. The standard InChI is InChI=1S/C17H22N4O2/c1-2-15-18-8-11-21(15)16-6-5-13(12-19-16)17(23)20-9-3-4-14(22)7-10-20/h5-6,8,11-12,14,22H,2-4,7,9-10H2,1H3/t14-/m1/s1. The van der Waals surface area contributed by atoms with E-state index in [2.05, 4.69) is 9.97 Å². The number of rotatable bonds is 3. The minimum Gasteiger partial charge on any atom is -0.393 e. The summed E-state index contributed by atoms with van der Waals surface area (Å²) in [4.78, 5) is 23.1. The number of aromatic nitrogens is 3. The molecule has 1 amide bonds. The molecule has 0 radical (unpaired) electrons. The van der Waals surface area contributed by atoms with E-state index in [0.29, 0.717) is 25.1 Å². The van der Waals surface area contributed by atoms with Crippen LogP contribution in [-0.2, 0) is 6.42 Å². The van der Waals surface area contributed by atoms with Gasteiger partial charge in [-0.2, -0.15) is 0 Å². The number of hydrogen-bond donors (Lipinski definition) is 1. The van der Waals surface area contributed by atoms with Crippen LogP contribution in [0.2, 0.25) is 0 Å². The molecule has 0 spiro atoms. The van der Waals surface area contributed by atoms with Crippen LogP contribution in [0.4, 0.5) is 0 Å². The first-order valence-electron chi connectivity index (χ1n) is 8.15. The summed E-state index contributed by atoms with van der Waals surface area (Å²) in [7, 11) is 0. The van der Waals surface area contributed by atoms with Crippen molar-refractivity contribution in [2.24, 2.45) is 0 Å². The van der Waals surface area contributed by atoms with Crippen LogP contribution in [0.1, 0.15) is 42.4 Å². The van der Waals surface area contributed by atoms with Crippen LogP contribution in [0.5, 0.6) is 0 Å². The molecule has 0 saturated carbocycles. The van der Waals surface area contributed by atoms with Gasteiger partial charge in [-0.05, 0) is 31.4 Å². The quantitative estimate of drug-likeness (QED) is 0.938. The van der Waals surface area contributed by atoms with Crippen molar-refractivity contribution in [2.75, 3.05) is 13.1 Å². The largest absolute Gasteiger partial charge is 0.393 e. The van der Waals surface area contributed by atoms with Crippen molar-refractivity contribution in [1.82, 2.24) is 19.4 Å². The number of aryl methyl sites for hydroxylation is 1. The Kier molecular flexibility index (Phi) is 4.71. The molecule has 0 aromatic carbocycles. The molecule has 3 heterocycles. The number of carbonyl (C=O) groups excluding carboxylic acids is 1. The molecule has 1 atom stereocenters. The first-order chi connectivity index (χ1) is 11.2. The molecule has 2 aromatic rings. The molecular formula is C17H22N4O2. The molecule has 1 saturated heterocycles. The lowest BCUT2D eigenvalue weighted by Gasteiger charge is -2.20. The number of imidazole rings is 1. The Hall–Kier alpha value is -2.21. The minimum atomic E-state index is -0.290. The Bertz CT molecular complexity index is 665. The average molecular weight is 314 g/mol. The zero-order valence-electron chi connectivity index (χ0n) is 13.4. The summed E-state index contributed by atoms with van der Waals surface area (Å²) >= 11 is 0. The van der Waals surface area contributed by atoms with Crippen LogP contribution in [-0.4, -0.2) is 49.6 Å². The molecule has 2 aromatic heterocycles. The van der Waals surface area contributed by atoms with E-state index in [1.165, 1.54) is 0 Å². The van der Waals surface area contributed by atoms with E-state index in [-0.39, 0.29) is 12.0 Å². The number of pyridine rings is 1. The highest BCUT2D eigenvalue weighted by atomic mass is 16.3. The van der Waals surface area contributed by atoms with Gasteiger partial charge >= 0.3 is 0 Å². The minimum absolute atomic E-state index is 0.0144. The van der Waals surface area contributed by atoms with Gasteiger partial charge in [0.05, 0.1) is 11.7 Å². The molecule has 0 aliphatic carbocycles. The molecule has 0 bridgehead atoms. The van der Waals surface area contributed by atoms with Gasteiger partial charge in [0, 0.05) is 38.1 Å². The van der Waals surface area contributed by atoms with Crippen LogP contribution in [0.15, 0.2) is 30.7 Å². The third kappa shape index (κ3) is 3.42. The van der Waals surface area contributed by atoms with Crippen molar-refractivity contribution < 1.29 is 9.90 Å². The van der Waals surface area contributed by atoms with E-state index in [0.717, 1.165) is 30.9 Å². The van der Waals surface area contributed by atoms with Gasteiger partial charge < -0.3 is 10.0 Å². The molecule has 0 unspecified atom stereocenters. The summed E-state index contributed by atoms with van der Waals surface area (Å²) in [5, 5.41) is 9.69. The summed E-state index contributed by atoms with van der Waals surface area (Å²) in [6.07, 6.45) is 8.04. The monoisotopic (exact) mass is 314 g/mol. The lowest BCUT2D eigenvalue weighted by Crippen LogP contribution is -2.32. The van der Waals surface area contributed by atoms with Crippen molar-refractivity contribution in [2.45, 2.75) is 38.7 Å². The third-order valence-corrected chi connectivity index (χ3v) is 4.26. The number of carbonyl (C=O) groups is 1. The van der Waals surface area contributed by atoms with Gasteiger partial charge in [0.1, 0.15) is 11.6 Å². The zero-order valence-corrected chi connectivity index (χ0v) is 13.4. The van der Waals surface area contributed by atoms with Crippen LogP contribution < -0.4 is 0 Å². The molecule has 23 heavy (non-hydrogen) atoms. The Balaban J connectivity index is 1.75. The van der Waals surface area contributed by atoms with Gasteiger partial charge in [0.2, 0.25) is 0 Å². The highest BCUT2D eigenvalue weighted by Crippen LogP contribution is 2.15. The van der Waals surface area contributed by atoms with Crippen LogP contribution in [0.25, 0.3) is 5.82 Å². The zero-order chi connectivity index (χ0) is 16.2. The van der Waals surface area contributed by atoms with Crippen LogP contribution >= 0.6 is 0 Å². The second-order valence-corrected chi connectivity index (χ2v) is 5.85. The number of amides is 1. The second-order valence-electron chi connectivity index (χ2n) is 5.85. The molecule has 1 fully saturated rings. The van der Waals surface area contributed by atoms with E-state index >= 15 is 0 Å². The lowest BCUT2D eigenvalue weighted by molar-refractivity contribution is 0.0752. The molecule has 122 valence electrons. The van der Waals surface area contributed by atoms with Gasteiger partial charge in [-0.25, -0.2) is 9.97 Å². The Morgan fingerprint density at radius 3 is 2.91 bits per heavy atom. The summed E-state index contributed by atoms with van der Waals surface area (Å²) in [5.41, 5.74) is 0.586. The number of hydrogen-bond acceptors (Lipinski definition) is 4. The first kappa shape index (κ1) is 15.7. The maximum atomic E-state index is 12.6. The third-order valence-electron chi connectivity index (χ3n) is 4.26. The first-order valence-corrected chi connectivity index (χ1v) is 8.15. The average Bonchev–Trinajstić information content (AvgIpc) is 2.96. The summed E-state index contributed by atoms with van der Waals surface area (Å²) in [5.74, 6) is 1.69. The second kappa shape index (κ2) is 6.91. The summed E-state index contributed by atoms with van der Waals surface area (Å²) < 4.78 is 1.93. The van der Waals surface area contributed by atoms with E-state index < -0.39 is 0 Å². The summed E-state index contributed by atoms with van der Waals surface area (Å²) in [6, 6.07) is 3.66. The van der Waals surface area contributed by atoms with Gasteiger partial charge in [0.25, 0.3) is 5.91 Å². The molecule has 6 nitrogen and oxygen atoms in total. The van der Waals surface area contributed by atoms with Gasteiger partial charge in [-0.15, -0.1) is 0 Å². The van der Waals surface area contributed by atoms with Crippen molar-refractivity contribution in [3.63, 3.8) is 0 Å². The number of aliphatic hydroxyl groups excluding tert-OH is 1. The topological polar surface area (TPSA) is 71.2 Å². The fraction of sp³-hybridized carbons (Fsp3) is 0.471. The molecule has 1 N–H and O–H groups in total. The van der Waals surface area contributed by atoms with Gasteiger partial charge in [0.15, 0.2) is 0 Å². The fourth-order valence-corrected chi connectivity index (χ4v) is 2.92. The van der Waals surface area contributed by atoms with Gasteiger partial charge in [-0.1, -0.05) is 6.92 Å². The van der Waals surface area contributed by atoms with Crippen molar-refractivity contribution in [3.05, 3.63) is 42.1 Å². The van der Waals surface area contributed by atoms with Crippen molar-refractivity contribution in [3.8, 4) is 5.82 Å². The van der Waals surface area contributed by atoms with Crippen molar-refractivity contribution in [1.29, 1.82) is 0 Å². The SMILES string of the molecule is CCc1nccn1-c1ccc(C(=O)N2CCC[C@@H](O)CC2)cn1. The maximum absolute atomic E-state index is 12.6. The van der Waals surface area contributed by atoms with Crippen molar-refractivity contribution >= 4 is 5.91 Å². The Morgan fingerprint density at radius 1 is 1.30 bits per heavy atom. The van der Waals surface area contributed by atoms with E-state index in [1.807, 2.05) is 34.7 Å². The number of aliphatic hydroxyl groups is 1. The molecule has 6 heteroatoms. The number of likely N-dealkylation sites (tertiary alicyclic amines) is 1. The fourth-order valence-electron chi connectivity index (χ4n) is 2.92. The van der Waals surface area contributed by atoms with Crippen LogP contribution in [0, 0.1) is 0 Å². The predicted octanol–water partition coefficient (Wildman–Crippen LogP) is 1.82.